The molecular weight excluding hydrogens is 641 g/mol. The fraction of sp³-hybridized carbons (Fsp3) is 0.286. The van der Waals surface area contributed by atoms with Crippen LogP contribution in [-0.2, 0) is 38.1 Å². The van der Waals surface area contributed by atoms with Crippen molar-refractivity contribution in [3.05, 3.63) is 87.5 Å². The van der Waals surface area contributed by atoms with Gasteiger partial charge in [0, 0.05) is 29.8 Å². The maximum Gasteiger partial charge on any atom is 0.490 e. The van der Waals surface area contributed by atoms with Crippen LogP contribution in [0.2, 0.25) is 0 Å². The van der Waals surface area contributed by atoms with E-state index in [0.29, 0.717) is 11.4 Å². The van der Waals surface area contributed by atoms with E-state index in [1.54, 1.807) is 12.1 Å². The van der Waals surface area contributed by atoms with Crippen LogP contribution in [0.1, 0.15) is 11.9 Å². The van der Waals surface area contributed by atoms with Crippen LogP contribution in [0.4, 0.5) is 11.4 Å². The SMILES string of the molecule is O=c1ccn([C@@H]2O[C@H](COP(=O)(O)OP(=O)(O)OP(=O)(O)O)C(O)C2O)c(=O)n1Cc1cc(Nc2ccccc2)ccn1. The van der Waals surface area contributed by atoms with E-state index in [2.05, 4.69) is 23.4 Å². The van der Waals surface area contributed by atoms with Gasteiger partial charge in [-0.1, -0.05) is 18.2 Å². The standard InChI is InChI=1S/C21H25N4O15P3/c26-17-7-9-24(21(29)25(17)11-15-10-14(6-8-22-15)23-13-4-2-1-3-5-13)20-19(28)18(27)16(38-20)12-37-42(33,34)40-43(35,36)39-41(30,31)32/h1-10,16,18-20,27-28H,11-12H2,(H,22,23)(H,33,34)(H,35,36)(H2,30,31,32)/t16-,18?,19?,20-/m1/s1. The summed E-state index contributed by atoms with van der Waals surface area (Å²) >= 11 is 0. The number of aliphatic hydroxyl groups excluding tert-OH is 2. The Labute approximate surface area is 241 Å². The topological polar surface area (TPSA) is 278 Å². The highest BCUT2D eigenvalue weighted by atomic mass is 31.3. The van der Waals surface area contributed by atoms with Crippen LogP contribution < -0.4 is 16.6 Å². The highest BCUT2D eigenvalue weighted by Gasteiger charge is 2.47. The van der Waals surface area contributed by atoms with Gasteiger partial charge in [0.25, 0.3) is 5.56 Å². The molecule has 0 aliphatic carbocycles. The smallest absolute Gasteiger partial charge is 0.387 e. The maximum absolute atomic E-state index is 13.2. The molecule has 4 unspecified atom stereocenters. The van der Waals surface area contributed by atoms with E-state index < -0.39 is 65.9 Å². The predicted octanol–water partition coefficient (Wildman–Crippen LogP) is 0.159. The van der Waals surface area contributed by atoms with Crippen molar-refractivity contribution < 1.29 is 61.4 Å². The second-order valence-corrected chi connectivity index (χ2v) is 13.3. The van der Waals surface area contributed by atoms with Crippen molar-refractivity contribution >= 4 is 34.8 Å². The molecule has 0 bridgehead atoms. The van der Waals surface area contributed by atoms with Crippen molar-refractivity contribution in [2.45, 2.75) is 31.1 Å². The van der Waals surface area contributed by atoms with Gasteiger partial charge in [-0.05, 0) is 24.3 Å². The molecular formula is C21H25N4O15P3. The molecule has 0 saturated carbocycles. The average Bonchev–Trinajstić information content (AvgIpc) is 3.17. The Kier molecular flexibility index (Phi) is 10.0. The summed E-state index contributed by atoms with van der Waals surface area (Å²) in [6.45, 7) is -1.37. The summed E-state index contributed by atoms with van der Waals surface area (Å²) in [5, 5.41) is 24.1. The number of para-hydroxylation sites is 1. The zero-order valence-electron chi connectivity index (χ0n) is 21.5. The highest BCUT2D eigenvalue weighted by Crippen LogP contribution is 2.66. The lowest BCUT2D eigenvalue weighted by Gasteiger charge is -2.19. The van der Waals surface area contributed by atoms with Gasteiger partial charge >= 0.3 is 29.2 Å². The lowest BCUT2D eigenvalue weighted by atomic mass is 10.1. The van der Waals surface area contributed by atoms with Crippen molar-refractivity contribution in [1.29, 1.82) is 0 Å². The molecule has 19 nitrogen and oxygen atoms in total. The molecule has 0 spiro atoms. The largest absolute Gasteiger partial charge is 0.490 e. The van der Waals surface area contributed by atoms with E-state index in [-0.39, 0.29) is 6.54 Å². The minimum absolute atomic E-state index is 0.288. The molecule has 43 heavy (non-hydrogen) atoms. The quantitative estimate of drug-likeness (QED) is 0.127. The Balaban J connectivity index is 1.48. The maximum atomic E-state index is 13.2. The molecule has 1 saturated heterocycles. The molecule has 7 N–H and O–H groups in total. The molecule has 1 aliphatic heterocycles. The van der Waals surface area contributed by atoms with E-state index in [0.717, 1.165) is 27.1 Å². The van der Waals surface area contributed by atoms with Gasteiger partial charge in [0.2, 0.25) is 0 Å². The molecule has 234 valence electrons. The summed E-state index contributed by atoms with van der Waals surface area (Å²) in [5.74, 6) is 0. The number of nitrogens with one attached hydrogen (secondary N) is 1. The highest BCUT2D eigenvalue weighted by molar-refractivity contribution is 7.66. The Bertz CT molecular complexity index is 1710. The van der Waals surface area contributed by atoms with Gasteiger partial charge in [-0.15, -0.1) is 0 Å². The number of ether oxygens (including phenoxy) is 1. The fourth-order valence-corrected chi connectivity index (χ4v) is 6.96. The number of hydrogen-bond acceptors (Lipinski definition) is 13. The van der Waals surface area contributed by atoms with E-state index in [1.165, 1.54) is 6.20 Å². The van der Waals surface area contributed by atoms with Crippen LogP contribution in [0.25, 0.3) is 0 Å². The molecule has 3 heterocycles. The number of benzene rings is 1. The first-order valence-electron chi connectivity index (χ1n) is 11.9. The Morgan fingerprint density at radius 1 is 0.907 bits per heavy atom. The normalized spacial score (nSPS) is 23.4. The molecule has 4 rings (SSSR count). The van der Waals surface area contributed by atoms with Crippen molar-refractivity contribution in [3.8, 4) is 0 Å². The van der Waals surface area contributed by atoms with Crippen LogP contribution in [0.15, 0.2) is 70.5 Å². The third kappa shape index (κ3) is 8.84. The van der Waals surface area contributed by atoms with Gasteiger partial charge in [0.15, 0.2) is 6.23 Å². The Hall–Kier alpha value is -2.86. The lowest BCUT2D eigenvalue weighted by molar-refractivity contribution is -0.0547. The minimum atomic E-state index is -5.79. The van der Waals surface area contributed by atoms with E-state index >= 15 is 0 Å². The third-order valence-corrected chi connectivity index (χ3v) is 9.53. The fourth-order valence-electron chi connectivity index (χ4n) is 3.93. The molecule has 3 aromatic rings. The minimum Gasteiger partial charge on any atom is -0.387 e. The van der Waals surface area contributed by atoms with E-state index in [9.17, 15) is 43.3 Å². The summed E-state index contributed by atoms with van der Waals surface area (Å²) in [7, 11) is -17.0. The van der Waals surface area contributed by atoms with Gasteiger partial charge in [0.1, 0.15) is 18.3 Å². The second kappa shape index (κ2) is 13.0. The zero-order chi connectivity index (χ0) is 31.6. The Morgan fingerprint density at radius 3 is 2.28 bits per heavy atom. The monoisotopic (exact) mass is 666 g/mol. The van der Waals surface area contributed by atoms with E-state index in [4.69, 9.17) is 14.5 Å². The van der Waals surface area contributed by atoms with Crippen LogP contribution in [0.5, 0.6) is 0 Å². The molecule has 0 radical (unpaired) electrons. The number of pyridine rings is 1. The van der Waals surface area contributed by atoms with Gasteiger partial charge in [-0.2, -0.15) is 8.62 Å². The first kappa shape index (κ1) is 33.0. The van der Waals surface area contributed by atoms with Crippen LogP contribution in [0, 0.1) is 0 Å². The van der Waals surface area contributed by atoms with Crippen molar-refractivity contribution in [3.63, 3.8) is 0 Å². The zero-order valence-corrected chi connectivity index (χ0v) is 24.2. The number of rotatable bonds is 12. The van der Waals surface area contributed by atoms with Gasteiger partial charge in [-0.3, -0.25) is 23.4 Å². The van der Waals surface area contributed by atoms with Crippen LogP contribution >= 0.6 is 23.5 Å². The molecule has 1 aromatic carbocycles. The predicted molar refractivity (Wildman–Crippen MR) is 144 cm³/mol. The number of anilines is 2. The van der Waals surface area contributed by atoms with Crippen molar-refractivity contribution in [1.82, 2.24) is 14.1 Å². The first-order valence-corrected chi connectivity index (χ1v) is 16.4. The summed E-state index contributed by atoms with van der Waals surface area (Å²) in [6.07, 6.45) is -4.51. The number of nitrogens with zero attached hydrogens (tertiary/aromatic N) is 3. The number of phosphoric acid groups is 3. The number of aromatic nitrogens is 3. The lowest BCUT2D eigenvalue weighted by Crippen LogP contribution is -2.43. The molecule has 2 aromatic heterocycles. The van der Waals surface area contributed by atoms with Gasteiger partial charge < -0.3 is 39.8 Å². The van der Waals surface area contributed by atoms with Crippen molar-refractivity contribution in [2.75, 3.05) is 11.9 Å². The summed E-state index contributed by atoms with van der Waals surface area (Å²) < 4.78 is 52.8. The molecule has 1 aliphatic rings. The summed E-state index contributed by atoms with van der Waals surface area (Å²) in [5.41, 5.74) is 0.0335. The van der Waals surface area contributed by atoms with E-state index in [1.807, 2.05) is 30.3 Å². The average molecular weight is 666 g/mol. The van der Waals surface area contributed by atoms with Gasteiger partial charge in [-0.25, -0.2) is 18.5 Å². The van der Waals surface area contributed by atoms with Gasteiger partial charge in [0.05, 0.1) is 18.8 Å². The van der Waals surface area contributed by atoms with Crippen molar-refractivity contribution in [2.24, 2.45) is 0 Å². The number of aliphatic hydroxyl groups is 2. The number of hydrogen-bond donors (Lipinski definition) is 7. The Morgan fingerprint density at radius 2 is 1.60 bits per heavy atom. The molecule has 1 fully saturated rings. The molecule has 6 atom stereocenters. The summed E-state index contributed by atoms with van der Waals surface area (Å²) in [6, 6.07) is 13.5. The molecule has 22 heteroatoms. The third-order valence-electron chi connectivity index (χ3n) is 5.72. The van der Waals surface area contributed by atoms with Crippen LogP contribution in [0.3, 0.4) is 0 Å². The van der Waals surface area contributed by atoms with Crippen LogP contribution in [-0.4, -0.2) is 68.8 Å². The summed E-state index contributed by atoms with van der Waals surface area (Å²) in [4.78, 5) is 66.1. The second-order valence-electron chi connectivity index (χ2n) is 8.89. The first-order chi connectivity index (χ1) is 20.0. The number of phosphoric ester groups is 1. The molecule has 0 amide bonds.